The summed E-state index contributed by atoms with van der Waals surface area (Å²) in [5, 5.41) is 3.46. The van der Waals surface area contributed by atoms with Crippen molar-refractivity contribution in [1.82, 2.24) is 5.32 Å². The molecule has 1 aliphatic heterocycles. The minimum atomic E-state index is 0.693. The zero-order chi connectivity index (χ0) is 6.69. The predicted molar refractivity (Wildman–Crippen MR) is 40.2 cm³/mol. The molecule has 1 nitrogen and oxygen atoms in total. The number of hydrogen-bond donors (Lipinski definition) is 1. The first kappa shape index (κ1) is 7.07. The average Bonchev–Trinajstić information content (AvgIpc) is 1.89. The van der Waals surface area contributed by atoms with Crippen molar-refractivity contribution in [2.75, 3.05) is 6.54 Å². The minimum absolute atomic E-state index is 0.693. The van der Waals surface area contributed by atoms with Crippen molar-refractivity contribution in [1.29, 1.82) is 0 Å². The molecule has 9 heavy (non-hydrogen) atoms. The number of rotatable bonds is 1. The highest BCUT2D eigenvalue weighted by Crippen LogP contribution is 2.16. The summed E-state index contributed by atoms with van der Waals surface area (Å²) in [5.41, 5.74) is 0. The van der Waals surface area contributed by atoms with E-state index in [0.29, 0.717) is 6.04 Å². The van der Waals surface area contributed by atoms with Crippen molar-refractivity contribution < 1.29 is 0 Å². The van der Waals surface area contributed by atoms with Crippen LogP contribution < -0.4 is 5.32 Å². The van der Waals surface area contributed by atoms with Crippen LogP contribution in [0.4, 0.5) is 0 Å². The van der Waals surface area contributed by atoms with Crippen LogP contribution in [0.1, 0.15) is 26.2 Å². The lowest BCUT2D eigenvalue weighted by Crippen LogP contribution is -2.39. The van der Waals surface area contributed by atoms with Gasteiger partial charge in [0.25, 0.3) is 0 Å². The third kappa shape index (κ3) is 1.68. The summed E-state index contributed by atoms with van der Waals surface area (Å²) in [7, 11) is 0. The first-order valence-corrected chi connectivity index (χ1v) is 3.87. The van der Waals surface area contributed by atoms with Crippen LogP contribution in [-0.2, 0) is 0 Å². The van der Waals surface area contributed by atoms with Gasteiger partial charge in [0, 0.05) is 6.04 Å². The Morgan fingerprint density at radius 3 is 2.89 bits per heavy atom. The predicted octanol–water partition coefficient (Wildman–Crippen LogP) is 1.60. The van der Waals surface area contributed by atoms with E-state index in [9.17, 15) is 0 Å². The van der Waals surface area contributed by atoms with Gasteiger partial charge in [-0.1, -0.05) is 13.8 Å². The van der Waals surface area contributed by atoms with Gasteiger partial charge < -0.3 is 5.32 Å². The molecule has 0 spiro atoms. The Morgan fingerprint density at radius 1 is 1.67 bits per heavy atom. The molecular weight excluding hydrogens is 110 g/mol. The highest BCUT2D eigenvalue weighted by molar-refractivity contribution is 4.78. The van der Waals surface area contributed by atoms with E-state index in [1.807, 2.05) is 0 Å². The van der Waals surface area contributed by atoms with Gasteiger partial charge in [0.05, 0.1) is 0 Å². The van der Waals surface area contributed by atoms with Crippen LogP contribution in [0.2, 0.25) is 0 Å². The van der Waals surface area contributed by atoms with Gasteiger partial charge in [-0.3, -0.25) is 0 Å². The molecule has 1 heterocycles. The van der Waals surface area contributed by atoms with Crippen molar-refractivity contribution >= 4 is 0 Å². The standard InChI is InChI=1S/C8H16N/c1-3-8-7(2)5-4-6-9-8/h7-9H,1,3-6H2,2H3. The SMILES string of the molecule is [CH2]CC1NCCCC1C. The fourth-order valence-electron chi connectivity index (χ4n) is 1.50. The Balaban J connectivity index is 2.30. The highest BCUT2D eigenvalue weighted by atomic mass is 14.9. The van der Waals surface area contributed by atoms with E-state index < -0.39 is 0 Å². The lowest BCUT2D eigenvalue weighted by molar-refractivity contribution is 0.301. The number of hydrogen-bond acceptors (Lipinski definition) is 1. The maximum absolute atomic E-state index is 3.90. The lowest BCUT2D eigenvalue weighted by atomic mass is 9.91. The molecule has 0 amide bonds. The van der Waals surface area contributed by atoms with E-state index in [-0.39, 0.29) is 0 Å². The Labute approximate surface area is 57.8 Å². The minimum Gasteiger partial charge on any atom is -0.314 e. The Morgan fingerprint density at radius 2 is 2.44 bits per heavy atom. The Bertz CT molecular complexity index is 80.6. The first-order chi connectivity index (χ1) is 4.34. The molecule has 1 N–H and O–H groups in total. The van der Waals surface area contributed by atoms with Crippen LogP contribution in [0, 0.1) is 12.8 Å². The smallest absolute Gasteiger partial charge is 0.00926 e. The van der Waals surface area contributed by atoms with Crippen molar-refractivity contribution in [3.63, 3.8) is 0 Å². The zero-order valence-electron chi connectivity index (χ0n) is 6.19. The van der Waals surface area contributed by atoms with Gasteiger partial charge in [-0.25, -0.2) is 0 Å². The molecule has 1 rings (SSSR count). The molecule has 0 bridgehead atoms. The van der Waals surface area contributed by atoms with Crippen LogP contribution in [0.5, 0.6) is 0 Å². The van der Waals surface area contributed by atoms with Gasteiger partial charge in [0.2, 0.25) is 0 Å². The largest absolute Gasteiger partial charge is 0.314 e. The maximum atomic E-state index is 3.90. The molecule has 1 saturated heterocycles. The Kier molecular flexibility index (Phi) is 2.52. The van der Waals surface area contributed by atoms with Gasteiger partial charge in [-0.2, -0.15) is 0 Å². The van der Waals surface area contributed by atoms with Crippen LogP contribution in [0.3, 0.4) is 0 Å². The summed E-state index contributed by atoms with van der Waals surface area (Å²) in [6, 6.07) is 0.693. The van der Waals surface area contributed by atoms with E-state index in [0.717, 1.165) is 12.3 Å². The third-order valence-corrected chi connectivity index (χ3v) is 2.24. The second-order valence-corrected chi connectivity index (χ2v) is 2.97. The summed E-state index contributed by atoms with van der Waals surface area (Å²) in [6.07, 6.45) is 3.77. The molecule has 1 radical (unpaired) electrons. The molecule has 0 aromatic rings. The highest BCUT2D eigenvalue weighted by Gasteiger charge is 2.17. The normalized spacial score (nSPS) is 36.7. The second-order valence-electron chi connectivity index (χ2n) is 2.97. The summed E-state index contributed by atoms with van der Waals surface area (Å²) in [4.78, 5) is 0. The van der Waals surface area contributed by atoms with Gasteiger partial charge in [-0.05, 0) is 31.7 Å². The van der Waals surface area contributed by atoms with E-state index in [1.165, 1.54) is 19.4 Å². The third-order valence-electron chi connectivity index (χ3n) is 2.24. The van der Waals surface area contributed by atoms with Crippen LogP contribution in [-0.4, -0.2) is 12.6 Å². The van der Waals surface area contributed by atoms with E-state index in [2.05, 4.69) is 19.2 Å². The molecule has 1 heteroatoms. The fourth-order valence-corrected chi connectivity index (χ4v) is 1.50. The van der Waals surface area contributed by atoms with E-state index >= 15 is 0 Å². The monoisotopic (exact) mass is 126 g/mol. The molecule has 1 aliphatic rings. The number of piperidine rings is 1. The molecule has 0 aliphatic carbocycles. The first-order valence-electron chi connectivity index (χ1n) is 3.87. The zero-order valence-corrected chi connectivity index (χ0v) is 6.19. The quantitative estimate of drug-likeness (QED) is 0.562. The van der Waals surface area contributed by atoms with Crippen molar-refractivity contribution in [3.8, 4) is 0 Å². The van der Waals surface area contributed by atoms with Crippen LogP contribution in [0.25, 0.3) is 0 Å². The molecule has 0 aromatic carbocycles. The summed E-state index contributed by atoms with van der Waals surface area (Å²) in [6.45, 7) is 7.40. The molecule has 0 aromatic heterocycles. The Hall–Kier alpha value is -0.0400. The van der Waals surface area contributed by atoms with E-state index in [1.54, 1.807) is 0 Å². The van der Waals surface area contributed by atoms with Crippen molar-refractivity contribution in [2.24, 2.45) is 5.92 Å². The molecule has 2 unspecified atom stereocenters. The van der Waals surface area contributed by atoms with Gasteiger partial charge in [0.15, 0.2) is 0 Å². The molecule has 2 atom stereocenters. The molecule has 0 saturated carbocycles. The van der Waals surface area contributed by atoms with E-state index in [4.69, 9.17) is 0 Å². The van der Waals surface area contributed by atoms with Gasteiger partial charge in [0.1, 0.15) is 0 Å². The van der Waals surface area contributed by atoms with Crippen molar-refractivity contribution in [2.45, 2.75) is 32.2 Å². The van der Waals surface area contributed by atoms with Crippen LogP contribution in [0.15, 0.2) is 0 Å². The number of nitrogens with one attached hydrogen (secondary N) is 1. The average molecular weight is 126 g/mol. The summed E-state index contributed by atoms with van der Waals surface area (Å²) < 4.78 is 0. The van der Waals surface area contributed by atoms with Crippen LogP contribution >= 0.6 is 0 Å². The topological polar surface area (TPSA) is 12.0 Å². The maximum Gasteiger partial charge on any atom is 0.00926 e. The molecular formula is C8H16N. The van der Waals surface area contributed by atoms with Crippen molar-refractivity contribution in [3.05, 3.63) is 6.92 Å². The lowest BCUT2D eigenvalue weighted by Gasteiger charge is -2.28. The van der Waals surface area contributed by atoms with Gasteiger partial charge >= 0.3 is 0 Å². The second kappa shape index (κ2) is 3.21. The molecule has 1 fully saturated rings. The van der Waals surface area contributed by atoms with Gasteiger partial charge in [-0.15, -0.1) is 0 Å². The summed E-state index contributed by atoms with van der Waals surface area (Å²) in [5.74, 6) is 0.844. The fraction of sp³-hybridized carbons (Fsp3) is 0.875. The molecule has 53 valence electrons. The summed E-state index contributed by atoms with van der Waals surface area (Å²) >= 11 is 0.